The number of halogens is 2. The lowest BCUT2D eigenvalue weighted by Crippen LogP contribution is -2.14. The highest BCUT2D eigenvalue weighted by Gasteiger charge is 2.18. The highest BCUT2D eigenvalue weighted by Crippen LogP contribution is 2.32. The molecule has 0 aliphatic carbocycles. The summed E-state index contributed by atoms with van der Waals surface area (Å²) in [4.78, 5) is 16.9. The van der Waals surface area contributed by atoms with Gasteiger partial charge in [0.05, 0.1) is 16.5 Å². The number of benzene rings is 2. The molecular weight excluding hydrogens is 501 g/mol. The SMILES string of the molecule is CC(Oc1ccccc1)c1nnc(SCC(=O)Nc2nc(-c3ccc(Cl)cc3Cl)cs2)n1C. The van der Waals surface area contributed by atoms with Gasteiger partial charge in [0.15, 0.2) is 22.2 Å². The summed E-state index contributed by atoms with van der Waals surface area (Å²) in [6.07, 6.45) is -0.290. The van der Waals surface area contributed by atoms with Crippen molar-refractivity contribution >= 4 is 57.3 Å². The van der Waals surface area contributed by atoms with E-state index >= 15 is 0 Å². The zero-order valence-corrected chi connectivity index (χ0v) is 20.8. The summed E-state index contributed by atoms with van der Waals surface area (Å²) in [6.45, 7) is 1.91. The Morgan fingerprint density at radius 3 is 2.76 bits per heavy atom. The Kier molecular flexibility index (Phi) is 7.54. The molecule has 2 aromatic heterocycles. The number of para-hydroxylation sites is 1. The van der Waals surface area contributed by atoms with Crippen molar-refractivity contribution in [3.05, 3.63) is 69.8 Å². The third-order valence-corrected chi connectivity index (χ3v) is 6.90. The zero-order valence-electron chi connectivity index (χ0n) is 17.7. The average Bonchev–Trinajstić information content (AvgIpc) is 3.39. The van der Waals surface area contributed by atoms with E-state index in [4.69, 9.17) is 27.9 Å². The Morgan fingerprint density at radius 1 is 1.21 bits per heavy atom. The van der Waals surface area contributed by atoms with Crippen LogP contribution in [0.3, 0.4) is 0 Å². The van der Waals surface area contributed by atoms with Crippen molar-refractivity contribution in [2.75, 3.05) is 11.1 Å². The Labute approximate surface area is 209 Å². The number of thiazole rings is 1. The van der Waals surface area contributed by atoms with Crippen molar-refractivity contribution < 1.29 is 9.53 Å². The molecule has 1 unspecified atom stereocenters. The van der Waals surface area contributed by atoms with E-state index in [1.807, 2.05) is 54.3 Å². The van der Waals surface area contributed by atoms with Crippen LogP contribution in [-0.2, 0) is 11.8 Å². The van der Waals surface area contributed by atoms with E-state index in [1.165, 1.54) is 23.1 Å². The van der Waals surface area contributed by atoms with Crippen LogP contribution in [0.5, 0.6) is 5.75 Å². The Hall–Kier alpha value is -2.59. The number of hydrogen-bond acceptors (Lipinski definition) is 7. The smallest absolute Gasteiger partial charge is 0.236 e. The van der Waals surface area contributed by atoms with Gasteiger partial charge in [-0.2, -0.15) is 0 Å². The molecule has 1 atom stereocenters. The van der Waals surface area contributed by atoms with Crippen molar-refractivity contribution in [2.45, 2.75) is 18.2 Å². The van der Waals surface area contributed by atoms with E-state index in [9.17, 15) is 4.79 Å². The second-order valence-corrected chi connectivity index (χ2v) is 9.62. The summed E-state index contributed by atoms with van der Waals surface area (Å²) in [5.41, 5.74) is 1.43. The van der Waals surface area contributed by atoms with Gasteiger partial charge in [-0.25, -0.2) is 4.98 Å². The molecule has 0 saturated carbocycles. The monoisotopic (exact) mass is 519 g/mol. The largest absolute Gasteiger partial charge is 0.483 e. The van der Waals surface area contributed by atoms with Gasteiger partial charge in [-0.15, -0.1) is 21.5 Å². The van der Waals surface area contributed by atoms with Gasteiger partial charge in [0.1, 0.15) is 5.75 Å². The van der Waals surface area contributed by atoms with Gasteiger partial charge in [0.2, 0.25) is 5.91 Å². The van der Waals surface area contributed by atoms with Crippen LogP contribution in [-0.4, -0.2) is 31.4 Å². The number of ether oxygens (including phenoxy) is 1. The van der Waals surface area contributed by atoms with E-state index in [0.29, 0.717) is 31.9 Å². The fourth-order valence-corrected chi connectivity index (χ4v) is 4.95. The lowest BCUT2D eigenvalue weighted by Gasteiger charge is -2.14. The molecule has 33 heavy (non-hydrogen) atoms. The van der Waals surface area contributed by atoms with Gasteiger partial charge < -0.3 is 14.6 Å². The maximum absolute atomic E-state index is 12.4. The lowest BCUT2D eigenvalue weighted by molar-refractivity contribution is -0.113. The van der Waals surface area contributed by atoms with Gasteiger partial charge >= 0.3 is 0 Å². The highest BCUT2D eigenvalue weighted by molar-refractivity contribution is 7.99. The van der Waals surface area contributed by atoms with Crippen molar-refractivity contribution in [1.82, 2.24) is 19.7 Å². The maximum Gasteiger partial charge on any atom is 0.236 e. The molecule has 0 aliphatic rings. The molecule has 0 bridgehead atoms. The van der Waals surface area contributed by atoms with Crippen molar-refractivity contribution in [2.24, 2.45) is 7.05 Å². The number of hydrogen-bond donors (Lipinski definition) is 1. The van der Waals surface area contributed by atoms with Crippen molar-refractivity contribution in [3.63, 3.8) is 0 Å². The van der Waals surface area contributed by atoms with Gasteiger partial charge in [-0.3, -0.25) is 4.79 Å². The van der Waals surface area contributed by atoms with E-state index in [0.717, 1.165) is 11.3 Å². The number of aromatic nitrogens is 4. The van der Waals surface area contributed by atoms with Crippen LogP contribution >= 0.6 is 46.3 Å². The van der Waals surface area contributed by atoms with Crippen LogP contribution in [0.4, 0.5) is 5.13 Å². The number of nitrogens with zero attached hydrogens (tertiary/aromatic N) is 4. The third-order valence-electron chi connectivity index (χ3n) is 4.58. The summed E-state index contributed by atoms with van der Waals surface area (Å²) >= 11 is 14.8. The van der Waals surface area contributed by atoms with E-state index in [-0.39, 0.29) is 17.8 Å². The average molecular weight is 520 g/mol. The molecule has 2 heterocycles. The van der Waals surface area contributed by atoms with Crippen LogP contribution < -0.4 is 10.1 Å². The molecule has 7 nitrogen and oxygen atoms in total. The summed E-state index contributed by atoms with van der Waals surface area (Å²) in [5, 5.41) is 15.2. The van der Waals surface area contributed by atoms with E-state index < -0.39 is 0 Å². The van der Waals surface area contributed by atoms with Gasteiger partial charge in [0, 0.05) is 23.0 Å². The van der Waals surface area contributed by atoms with Crippen LogP contribution in [0, 0.1) is 0 Å². The normalized spacial score (nSPS) is 11.9. The van der Waals surface area contributed by atoms with Crippen molar-refractivity contribution in [1.29, 1.82) is 0 Å². The second-order valence-electron chi connectivity index (χ2n) is 6.97. The first kappa shape index (κ1) is 23.6. The van der Waals surface area contributed by atoms with Crippen LogP contribution in [0.15, 0.2) is 59.1 Å². The number of thioether (sulfide) groups is 1. The number of rotatable bonds is 8. The molecule has 2 aromatic carbocycles. The maximum atomic E-state index is 12.4. The third kappa shape index (κ3) is 5.86. The minimum absolute atomic E-state index is 0.163. The first-order chi connectivity index (χ1) is 15.9. The van der Waals surface area contributed by atoms with Gasteiger partial charge in [0.25, 0.3) is 0 Å². The summed E-state index contributed by atoms with van der Waals surface area (Å²) in [7, 11) is 1.85. The molecule has 1 amide bonds. The molecule has 11 heteroatoms. The molecule has 0 radical (unpaired) electrons. The predicted molar refractivity (Wildman–Crippen MR) is 133 cm³/mol. The van der Waals surface area contributed by atoms with Gasteiger partial charge in [-0.05, 0) is 37.3 Å². The molecular formula is C22H19Cl2N5O2S2. The van der Waals surface area contributed by atoms with Crippen LogP contribution in [0.1, 0.15) is 18.9 Å². The second kappa shape index (κ2) is 10.6. The summed E-state index contributed by atoms with van der Waals surface area (Å²) in [6, 6.07) is 14.7. The number of carbonyl (C=O) groups is 1. The Bertz CT molecular complexity index is 1260. The molecule has 0 spiro atoms. The Balaban J connectivity index is 1.34. The molecule has 1 N–H and O–H groups in total. The lowest BCUT2D eigenvalue weighted by atomic mass is 10.2. The number of anilines is 1. The topological polar surface area (TPSA) is 81.9 Å². The molecule has 0 fully saturated rings. The van der Waals surface area contributed by atoms with Crippen molar-refractivity contribution in [3.8, 4) is 17.0 Å². The first-order valence-electron chi connectivity index (χ1n) is 9.85. The van der Waals surface area contributed by atoms with Gasteiger partial charge in [-0.1, -0.05) is 53.2 Å². The highest BCUT2D eigenvalue weighted by atomic mass is 35.5. The standard InChI is InChI=1S/C22H19Cl2N5O2S2/c1-13(31-15-6-4-3-5-7-15)20-27-28-22(29(20)2)33-12-19(30)26-21-25-18(11-32-21)16-9-8-14(23)10-17(16)24/h3-11,13H,12H2,1-2H3,(H,25,26,30). The molecule has 4 aromatic rings. The van der Waals surface area contributed by atoms with Crippen LogP contribution in [0.25, 0.3) is 11.3 Å². The first-order valence-corrected chi connectivity index (χ1v) is 12.5. The zero-order chi connectivity index (χ0) is 23.4. The molecule has 0 aliphatic heterocycles. The van der Waals surface area contributed by atoms with E-state index in [2.05, 4.69) is 20.5 Å². The fraction of sp³-hybridized carbons (Fsp3) is 0.182. The fourth-order valence-electron chi connectivity index (χ4n) is 3.00. The summed E-state index contributed by atoms with van der Waals surface area (Å²) in [5.74, 6) is 1.40. The minimum atomic E-state index is -0.290. The number of nitrogens with one attached hydrogen (secondary N) is 1. The number of amides is 1. The summed E-state index contributed by atoms with van der Waals surface area (Å²) < 4.78 is 7.75. The predicted octanol–water partition coefficient (Wildman–Crippen LogP) is 6.12. The molecule has 0 saturated heterocycles. The molecule has 170 valence electrons. The van der Waals surface area contributed by atoms with Crippen LogP contribution in [0.2, 0.25) is 10.0 Å². The number of carbonyl (C=O) groups excluding carboxylic acids is 1. The Morgan fingerprint density at radius 2 is 2.00 bits per heavy atom. The minimum Gasteiger partial charge on any atom is -0.483 e. The quantitative estimate of drug-likeness (QED) is 0.282. The van der Waals surface area contributed by atoms with E-state index in [1.54, 1.807) is 18.2 Å². The molecule has 4 rings (SSSR count).